The van der Waals surface area contributed by atoms with E-state index in [2.05, 4.69) is 15.4 Å². The number of ether oxygens (including phenoxy) is 2. The van der Waals surface area contributed by atoms with E-state index in [1.54, 1.807) is 6.07 Å². The summed E-state index contributed by atoms with van der Waals surface area (Å²) in [4.78, 5) is 8.46. The maximum Gasteiger partial charge on any atom is 0.158 e. The van der Waals surface area contributed by atoms with E-state index in [0.717, 1.165) is 26.3 Å². The molecular weight excluding hydrogens is 256 g/mol. The van der Waals surface area contributed by atoms with Gasteiger partial charge in [0.15, 0.2) is 5.82 Å². The summed E-state index contributed by atoms with van der Waals surface area (Å²) in [6.07, 6.45) is 0. The first kappa shape index (κ1) is 13.5. The Hall–Kier alpha value is -0.950. The molecule has 1 aliphatic heterocycles. The van der Waals surface area contributed by atoms with Gasteiger partial charge in [0, 0.05) is 25.8 Å². The lowest BCUT2D eigenvalue weighted by Gasteiger charge is -2.27. The first-order valence-electron chi connectivity index (χ1n) is 5.98. The third-order valence-corrected chi connectivity index (χ3v) is 2.65. The SMILES string of the molecule is CCOCc1nc(Cl)cc(NN2CCOCC2)n1. The van der Waals surface area contributed by atoms with Crippen molar-refractivity contribution in [2.75, 3.05) is 38.3 Å². The number of hydrogen-bond donors (Lipinski definition) is 1. The predicted octanol–water partition coefficient (Wildman–Crippen LogP) is 1.33. The van der Waals surface area contributed by atoms with E-state index >= 15 is 0 Å². The molecule has 2 heterocycles. The van der Waals surface area contributed by atoms with Crippen molar-refractivity contribution >= 4 is 17.4 Å². The zero-order valence-corrected chi connectivity index (χ0v) is 11.1. The highest BCUT2D eigenvalue weighted by molar-refractivity contribution is 6.29. The van der Waals surface area contributed by atoms with E-state index in [-0.39, 0.29) is 0 Å². The summed E-state index contributed by atoms with van der Waals surface area (Å²) in [5.41, 5.74) is 3.20. The molecule has 7 heteroatoms. The van der Waals surface area contributed by atoms with Gasteiger partial charge in [0.2, 0.25) is 0 Å². The maximum atomic E-state index is 5.96. The largest absolute Gasteiger partial charge is 0.379 e. The monoisotopic (exact) mass is 272 g/mol. The zero-order chi connectivity index (χ0) is 12.8. The Kier molecular flexibility index (Phi) is 5.12. The van der Waals surface area contributed by atoms with Crippen LogP contribution in [-0.2, 0) is 16.1 Å². The lowest BCUT2D eigenvalue weighted by molar-refractivity contribution is 0.0494. The second-order valence-corrected chi connectivity index (χ2v) is 4.23. The maximum absolute atomic E-state index is 5.96. The standard InChI is InChI=1S/C11H17ClN4O2/c1-2-17-8-11-13-9(12)7-10(14-11)15-16-3-5-18-6-4-16/h7H,2-6,8H2,1H3,(H,13,14,15). The van der Waals surface area contributed by atoms with Crippen LogP contribution in [0.2, 0.25) is 5.15 Å². The number of halogens is 1. The van der Waals surface area contributed by atoms with Crippen molar-refractivity contribution in [3.63, 3.8) is 0 Å². The van der Waals surface area contributed by atoms with E-state index in [1.807, 2.05) is 11.9 Å². The number of aromatic nitrogens is 2. The minimum atomic E-state index is 0.370. The zero-order valence-electron chi connectivity index (χ0n) is 10.4. The van der Waals surface area contributed by atoms with Crippen molar-refractivity contribution in [3.8, 4) is 0 Å². The van der Waals surface area contributed by atoms with Gasteiger partial charge in [0.05, 0.1) is 13.2 Å². The number of nitrogens with zero attached hydrogens (tertiary/aromatic N) is 3. The third-order valence-electron chi connectivity index (χ3n) is 2.46. The second-order valence-electron chi connectivity index (χ2n) is 3.84. The average molecular weight is 273 g/mol. The Balaban J connectivity index is 1.99. The van der Waals surface area contributed by atoms with Gasteiger partial charge in [-0.3, -0.25) is 0 Å². The van der Waals surface area contributed by atoms with Crippen molar-refractivity contribution in [3.05, 3.63) is 17.0 Å². The highest BCUT2D eigenvalue weighted by Crippen LogP contribution is 2.13. The molecule has 1 N–H and O–H groups in total. The Bertz CT molecular complexity index is 385. The van der Waals surface area contributed by atoms with Crippen molar-refractivity contribution in [1.82, 2.24) is 15.0 Å². The molecule has 18 heavy (non-hydrogen) atoms. The van der Waals surface area contributed by atoms with Gasteiger partial charge in [-0.2, -0.15) is 0 Å². The Morgan fingerprint density at radius 1 is 1.44 bits per heavy atom. The van der Waals surface area contributed by atoms with Crippen LogP contribution in [0.1, 0.15) is 12.7 Å². The fourth-order valence-corrected chi connectivity index (χ4v) is 1.82. The van der Waals surface area contributed by atoms with Gasteiger partial charge in [0.25, 0.3) is 0 Å². The Morgan fingerprint density at radius 2 is 2.22 bits per heavy atom. The fourth-order valence-electron chi connectivity index (χ4n) is 1.62. The first-order valence-corrected chi connectivity index (χ1v) is 6.36. The highest BCUT2D eigenvalue weighted by Gasteiger charge is 2.11. The summed E-state index contributed by atoms with van der Waals surface area (Å²) >= 11 is 5.96. The van der Waals surface area contributed by atoms with E-state index < -0.39 is 0 Å². The van der Waals surface area contributed by atoms with Gasteiger partial charge in [-0.1, -0.05) is 11.6 Å². The molecule has 100 valence electrons. The first-order chi connectivity index (χ1) is 8.78. The summed E-state index contributed by atoms with van der Waals surface area (Å²) in [6.45, 7) is 6.01. The van der Waals surface area contributed by atoms with Gasteiger partial charge >= 0.3 is 0 Å². The molecule has 2 rings (SSSR count). The second kappa shape index (κ2) is 6.84. The van der Waals surface area contributed by atoms with Crippen LogP contribution >= 0.6 is 11.6 Å². The number of nitrogens with one attached hydrogen (secondary N) is 1. The smallest absolute Gasteiger partial charge is 0.158 e. The third kappa shape index (κ3) is 4.06. The molecule has 1 aromatic heterocycles. The molecule has 1 fully saturated rings. The molecule has 1 saturated heterocycles. The highest BCUT2D eigenvalue weighted by atomic mass is 35.5. The summed E-state index contributed by atoms with van der Waals surface area (Å²) in [5.74, 6) is 1.27. The molecule has 0 unspecified atom stereocenters. The van der Waals surface area contributed by atoms with Crippen molar-refractivity contribution in [2.24, 2.45) is 0 Å². The molecule has 6 nitrogen and oxygen atoms in total. The van der Waals surface area contributed by atoms with Crippen LogP contribution in [-0.4, -0.2) is 47.9 Å². The van der Waals surface area contributed by atoms with E-state index in [9.17, 15) is 0 Å². The molecule has 0 aromatic carbocycles. The number of hydrazine groups is 1. The number of rotatable bonds is 5. The van der Waals surface area contributed by atoms with Crippen molar-refractivity contribution in [2.45, 2.75) is 13.5 Å². The lowest BCUT2D eigenvalue weighted by atomic mass is 10.5. The fraction of sp³-hybridized carbons (Fsp3) is 0.636. The number of anilines is 1. The molecule has 0 spiro atoms. The van der Waals surface area contributed by atoms with Crippen LogP contribution in [0.25, 0.3) is 0 Å². The molecule has 0 radical (unpaired) electrons. The van der Waals surface area contributed by atoms with Crippen LogP contribution in [0, 0.1) is 0 Å². The summed E-state index contributed by atoms with van der Waals surface area (Å²) < 4.78 is 10.6. The summed E-state index contributed by atoms with van der Waals surface area (Å²) in [5, 5.41) is 2.46. The number of hydrogen-bond acceptors (Lipinski definition) is 6. The topological polar surface area (TPSA) is 59.5 Å². The predicted molar refractivity (Wildman–Crippen MR) is 68.4 cm³/mol. The molecule has 1 aliphatic rings. The van der Waals surface area contributed by atoms with E-state index in [4.69, 9.17) is 21.1 Å². The molecule has 0 atom stereocenters. The molecule has 1 aromatic rings. The van der Waals surface area contributed by atoms with E-state index in [0.29, 0.717) is 30.0 Å². The minimum Gasteiger partial charge on any atom is -0.379 e. The summed E-state index contributed by atoms with van der Waals surface area (Å²) in [6, 6.07) is 1.70. The molecule has 0 amide bonds. The number of morpholine rings is 1. The Morgan fingerprint density at radius 3 is 2.94 bits per heavy atom. The van der Waals surface area contributed by atoms with Crippen LogP contribution < -0.4 is 5.43 Å². The average Bonchev–Trinajstić information content (AvgIpc) is 2.37. The normalized spacial score (nSPS) is 16.8. The molecule has 0 bridgehead atoms. The molecular formula is C11H17ClN4O2. The van der Waals surface area contributed by atoms with Crippen molar-refractivity contribution < 1.29 is 9.47 Å². The van der Waals surface area contributed by atoms with Crippen LogP contribution in [0.3, 0.4) is 0 Å². The lowest BCUT2D eigenvalue weighted by Crippen LogP contribution is -2.40. The van der Waals surface area contributed by atoms with Gasteiger partial charge in [-0.25, -0.2) is 15.0 Å². The van der Waals surface area contributed by atoms with E-state index in [1.165, 1.54) is 0 Å². The van der Waals surface area contributed by atoms with Gasteiger partial charge in [-0.05, 0) is 6.92 Å². The molecule has 0 aliphatic carbocycles. The van der Waals surface area contributed by atoms with Crippen LogP contribution in [0.5, 0.6) is 0 Å². The van der Waals surface area contributed by atoms with Crippen LogP contribution in [0.15, 0.2) is 6.07 Å². The molecule has 0 saturated carbocycles. The quantitative estimate of drug-likeness (QED) is 0.816. The van der Waals surface area contributed by atoms with Gasteiger partial charge < -0.3 is 14.9 Å². The van der Waals surface area contributed by atoms with Gasteiger partial charge in [0.1, 0.15) is 17.6 Å². The minimum absolute atomic E-state index is 0.370. The van der Waals surface area contributed by atoms with Gasteiger partial charge in [-0.15, -0.1) is 0 Å². The Labute approximate surface area is 111 Å². The van der Waals surface area contributed by atoms with Crippen LogP contribution in [0.4, 0.5) is 5.82 Å². The summed E-state index contributed by atoms with van der Waals surface area (Å²) in [7, 11) is 0. The van der Waals surface area contributed by atoms with Crippen molar-refractivity contribution in [1.29, 1.82) is 0 Å².